The summed E-state index contributed by atoms with van der Waals surface area (Å²) in [5.74, 6) is 0.474. The van der Waals surface area contributed by atoms with E-state index in [9.17, 15) is 0 Å². The molecule has 0 aliphatic carbocycles. The van der Waals surface area contributed by atoms with Crippen molar-refractivity contribution in [1.82, 2.24) is 9.38 Å². The minimum absolute atomic E-state index is 0.474. The second-order valence-corrected chi connectivity index (χ2v) is 4.96. The van der Waals surface area contributed by atoms with Gasteiger partial charge in [0.05, 0.1) is 10.2 Å². The molecule has 0 saturated carbocycles. The lowest BCUT2D eigenvalue weighted by Gasteiger charge is -2.00. The van der Waals surface area contributed by atoms with Crippen LogP contribution < -0.4 is 0 Å². The van der Waals surface area contributed by atoms with Crippen LogP contribution in [0.15, 0.2) is 22.9 Å². The second kappa shape index (κ2) is 3.97. The first-order chi connectivity index (χ1) is 7.11. The highest BCUT2D eigenvalue weighted by Crippen LogP contribution is 2.22. The third-order valence-corrected chi connectivity index (χ3v) is 3.16. The maximum atomic E-state index is 4.60. The zero-order chi connectivity index (χ0) is 11.0. The molecule has 0 amide bonds. The van der Waals surface area contributed by atoms with Gasteiger partial charge < -0.3 is 4.40 Å². The second-order valence-electron chi connectivity index (χ2n) is 4.10. The van der Waals surface area contributed by atoms with Gasteiger partial charge >= 0.3 is 0 Å². The minimum atomic E-state index is 0.474. The van der Waals surface area contributed by atoms with Gasteiger partial charge in [-0.2, -0.15) is 0 Å². The Balaban J connectivity index is 2.64. The quantitative estimate of drug-likeness (QED) is 0.809. The van der Waals surface area contributed by atoms with Crippen molar-refractivity contribution in [2.45, 2.75) is 33.1 Å². The third kappa shape index (κ3) is 1.93. The van der Waals surface area contributed by atoms with Crippen LogP contribution in [0.3, 0.4) is 0 Å². The molecule has 0 aliphatic rings. The number of halogens is 1. The minimum Gasteiger partial charge on any atom is -0.306 e. The summed E-state index contributed by atoms with van der Waals surface area (Å²) in [5.41, 5.74) is 3.47. The van der Waals surface area contributed by atoms with E-state index in [0.29, 0.717) is 5.92 Å². The average Bonchev–Trinajstić information content (AvgIpc) is 2.61. The molecule has 3 heteroatoms. The van der Waals surface area contributed by atoms with Crippen LogP contribution in [0.4, 0.5) is 0 Å². The summed E-state index contributed by atoms with van der Waals surface area (Å²) in [5, 5.41) is 0. The molecule has 0 saturated heterocycles. The van der Waals surface area contributed by atoms with Crippen molar-refractivity contribution in [1.29, 1.82) is 0 Å². The Hall–Kier alpha value is -0.830. The molecule has 15 heavy (non-hydrogen) atoms. The summed E-state index contributed by atoms with van der Waals surface area (Å²) < 4.78 is 3.19. The number of rotatable bonds is 2. The average molecular weight is 267 g/mol. The fourth-order valence-corrected chi connectivity index (χ4v) is 2.19. The Morgan fingerprint density at radius 3 is 2.73 bits per heavy atom. The van der Waals surface area contributed by atoms with Crippen molar-refractivity contribution in [3.8, 4) is 0 Å². The zero-order valence-corrected chi connectivity index (χ0v) is 10.9. The summed E-state index contributed by atoms with van der Waals surface area (Å²) in [7, 11) is 0. The smallest absolute Gasteiger partial charge is 0.151 e. The predicted molar refractivity (Wildman–Crippen MR) is 66.4 cm³/mol. The number of hydrogen-bond donors (Lipinski definition) is 0. The van der Waals surface area contributed by atoms with Crippen molar-refractivity contribution in [3.63, 3.8) is 0 Å². The van der Waals surface area contributed by atoms with Gasteiger partial charge in [0.15, 0.2) is 5.65 Å². The number of pyridine rings is 1. The molecule has 0 bridgehead atoms. The third-order valence-electron chi connectivity index (χ3n) is 2.58. The van der Waals surface area contributed by atoms with Crippen molar-refractivity contribution >= 4 is 21.6 Å². The van der Waals surface area contributed by atoms with E-state index in [1.165, 1.54) is 5.56 Å². The van der Waals surface area contributed by atoms with Gasteiger partial charge in [0.2, 0.25) is 0 Å². The molecule has 0 spiro atoms. The van der Waals surface area contributed by atoms with Crippen molar-refractivity contribution in [2.24, 2.45) is 0 Å². The van der Waals surface area contributed by atoms with Gasteiger partial charge in [0, 0.05) is 12.4 Å². The maximum absolute atomic E-state index is 4.60. The molecular weight excluding hydrogens is 252 g/mol. The molecule has 80 valence electrons. The molecule has 0 fully saturated rings. The van der Waals surface area contributed by atoms with Crippen LogP contribution >= 0.6 is 15.9 Å². The molecule has 2 heterocycles. The molecule has 2 nitrogen and oxygen atoms in total. The van der Waals surface area contributed by atoms with E-state index in [1.54, 1.807) is 0 Å². The lowest BCUT2D eigenvalue weighted by atomic mass is 10.2. The lowest BCUT2D eigenvalue weighted by molar-refractivity contribution is 0.834. The monoisotopic (exact) mass is 266 g/mol. The largest absolute Gasteiger partial charge is 0.306 e. The number of hydrogen-bond acceptors (Lipinski definition) is 1. The number of aryl methyl sites for hydroxylation is 1. The van der Waals surface area contributed by atoms with Gasteiger partial charge in [-0.15, -0.1) is 0 Å². The Labute approximate surface area is 98.5 Å². The van der Waals surface area contributed by atoms with Crippen LogP contribution in [0.5, 0.6) is 0 Å². The Morgan fingerprint density at radius 1 is 1.40 bits per heavy atom. The van der Waals surface area contributed by atoms with Gasteiger partial charge in [-0.25, -0.2) is 4.98 Å². The summed E-state index contributed by atoms with van der Waals surface area (Å²) in [4.78, 5) is 4.60. The maximum Gasteiger partial charge on any atom is 0.151 e. The molecule has 2 rings (SSSR count). The molecule has 2 aromatic heterocycles. The van der Waals surface area contributed by atoms with E-state index in [0.717, 1.165) is 22.2 Å². The molecular formula is C12H15BrN2. The highest BCUT2D eigenvalue weighted by Gasteiger charge is 2.08. The number of imidazole rings is 1. The summed E-state index contributed by atoms with van der Waals surface area (Å²) >= 11 is 3.57. The van der Waals surface area contributed by atoms with Crippen LogP contribution in [0.2, 0.25) is 0 Å². The van der Waals surface area contributed by atoms with E-state index in [1.807, 2.05) is 0 Å². The van der Waals surface area contributed by atoms with Gasteiger partial charge in [-0.05, 0) is 39.9 Å². The van der Waals surface area contributed by atoms with E-state index in [2.05, 4.69) is 64.5 Å². The van der Waals surface area contributed by atoms with Crippen molar-refractivity contribution in [3.05, 3.63) is 34.2 Å². The van der Waals surface area contributed by atoms with Crippen LogP contribution in [0.1, 0.15) is 37.9 Å². The topological polar surface area (TPSA) is 17.3 Å². The Morgan fingerprint density at radius 2 is 2.13 bits per heavy atom. The normalized spacial score (nSPS) is 11.5. The van der Waals surface area contributed by atoms with Gasteiger partial charge in [-0.1, -0.05) is 20.8 Å². The van der Waals surface area contributed by atoms with Crippen LogP contribution in [-0.4, -0.2) is 9.38 Å². The highest BCUT2D eigenvalue weighted by atomic mass is 79.9. The van der Waals surface area contributed by atoms with Crippen molar-refractivity contribution in [2.75, 3.05) is 0 Å². The fourth-order valence-electron chi connectivity index (χ4n) is 1.60. The van der Waals surface area contributed by atoms with Gasteiger partial charge in [-0.3, -0.25) is 0 Å². The first-order valence-corrected chi connectivity index (χ1v) is 6.08. The molecule has 0 aliphatic heterocycles. The van der Waals surface area contributed by atoms with Crippen LogP contribution in [0, 0.1) is 0 Å². The van der Waals surface area contributed by atoms with Crippen LogP contribution in [-0.2, 0) is 6.42 Å². The molecule has 2 aromatic rings. The number of aromatic nitrogens is 2. The molecule has 0 N–H and O–H groups in total. The SMILES string of the molecule is CCc1cc(Br)c2nc(C(C)C)cn2c1. The lowest BCUT2D eigenvalue weighted by Crippen LogP contribution is -1.88. The molecule has 0 unspecified atom stereocenters. The first kappa shape index (κ1) is 10.7. The van der Waals surface area contributed by atoms with Crippen molar-refractivity contribution < 1.29 is 0 Å². The number of nitrogens with zero attached hydrogens (tertiary/aromatic N) is 2. The van der Waals surface area contributed by atoms with Gasteiger partial charge in [0.25, 0.3) is 0 Å². The van der Waals surface area contributed by atoms with E-state index >= 15 is 0 Å². The van der Waals surface area contributed by atoms with E-state index in [4.69, 9.17) is 0 Å². The van der Waals surface area contributed by atoms with E-state index in [-0.39, 0.29) is 0 Å². The Bertz CT molecular complexity index is 486. The molecule has 0 atom stereocenters. The molecule has 0 aromatic carbocycles. The van der Waals surface area contributed by atoms with Crippen LogP contribution in [0.25, 0.3) is 5.65 Å². The van der Waals surface area contributed by atoms with E-state index < -0.39 is 0 Å². The summed E-state index contributed by atoms with van der Waals surface area (Å²) in [6.45, 7) is 6.49. The summed E-state index contributed by atoms with van der Waals surface area (Å²) in [6, 6.07) is 2.15. The number of fused-ring (bicyclic) bond motifs is 1. The zero-order valence-electron chi connectivity index (χ0n) is 9.29. The predicted octanol–water partition coefficient (Wildman–Crippen LogP) is 3.78. The molecule has 0 radical (unpaired) electrons. The first-order valence-electron chi connectivity index (χ1n) is 5.28. The highest BCUT2D eigenvalue weighted by molar-refractivity contribution is 9.10. The summed E-state index contributed by atoms with van der Waals surface area (Å²) in [6.07, 6.45) is 5.31. The Kier molecular flexibility index (Phi) is 2.83. The fraction of sp³-hybridized carbons (Fsp3) is 0.417. The van der Waals surface area contributed by atoms with Gasteiger partial charge in [0.1, 0.15) is 0 Å². The standard InChI is InChI=1S/C12H15BrN2/c1-4-9-5-10(13)12-14-11(8(2)3)7-15(12)6-9/h5-8H,4H2,1-3H3.